The van der Waals surface area contributed by atoms with Gasteiger partial charge in [0.25, 0.3) is 5.91 Å². The molecule has 1 aliphatic heterocycles. The molecule has 0 spiro atoms. The van der Waals surface area contributed by atoms with Crippen LogP contribution in [0.25, 0.3) is 6.08 Å². The molecule has 8 heteroatoms. The number of hydrogen-bond donors (Lipinski definition) is 2. The van der Waals surface area contributed by atoms with Crippen molar-refractivity contribution in [1.82, 2.24) is 4.90 Å². The van der Waals surface area contributed by atoms with E-state index in [1.807, 2.05) is 0 Å². The number of ether oxygens (including phenoxy) is 1. The number of carbonyl (C=O) groups is 2. The van der Waals surface area contributed by atoms with Gasteiger partial charge in [-0.2, -0.15) is 0 Å². The van der Waals surface area contributed by atoms with Crippen molar-refractivity contribution in [2.75, 3.05) is 7.05 Å². The number of phenols is 1. The molecular weight excluding hydrogens is 380 g/mol. The molecule has 0 aliphatic carbocycles. The van der Waals surface area contributed by atoms with Gasteiger partial charge in [-0.3, -0.25) is 9.69 Å². The zero-order valence-corrected chi connectivity index (χ0v) is 16.0. The number of amidine groups is 1. The van der Waals surface area contributed by atoms with Crippen LogP contribution >= 0.6 is 11.8 Å². The number of amides is 1. The molecule has 2 aromatic rings. The summed E-state index contributed by atoms with van der Waals surface area (Å²) in [6.45, 7) is 1.45. The predicted molar refractivity (Wildman–Crippen MR) is 108 cm³/mol. The van der Waals surface area contributed by atoms with Crippen molar-refractivity contribution < 1.29 is 24.5 Å². The number of likely N-dealkylation sites (N-methyl/N-ethyl adjacent to an activating group) is 1. The van der Waals surface area contributed by atoms with E-state index in [2.05, 4.69) is 4.99 Å². The molecule has 0 radical (unpaired) electrons. The van der Waals surface area contributed by atoms with E-state index in [1.165, 1.54) is 29.7 Å². The average Bonchev–Trinajstić information content (AvgIpc) is 2.90. The number of aromatic hydroxyl groups is 1. The lowest BCUT2D eigenvalue weighted by Crippen LogP contribution is -2.23. The van der Waals surface area contributed by atoms with E-state index in [4.69, 9.17) is 9.84 Å². The van der Waals surface area contributed by atoms with Crippen molar-refractivity contribution in [3.05, 3.63) is 59.0 Å². The van der Waals surface area contributed by atoms with Gasteiger partial charge < -0.3 is 14.9 Å². The first-order valence-corrected chi connectivity index (χ1v) is 9.20. The molecular formula is C20H18N2O5S. The van der Waals surface area contributed by atoms with Gasteiger partial charge in [0.2, 0.25) is 0 Å². The summed E-state index contributed by atoms with van der Waals surface area (Å²) in [5, 5.41) is 19.0. The molecule has 1 saturated heterocycles. The number of benzene rings is 2. The van der Waals surface area contributed by atoms with E-state index in [0.29, 0.717) is 27.1 Å². The summed E-state index contributed by atoms with van der Waals surface area (Å²) in [5.74, 6) is -0.752. The Kier molecular flexibility index (Phi) is 5.70. The standard InChI is InChI=1S/C20H18N2O5S/c1-12(19(25)26)27-16-8-3-5-13(9-16)10-17-18(24)22(2)20(28-17)21-14-6-4-7-15(23)11-14/h3-12,23H,1-2H3,(H,25,26)/b17-10-,21-20?. The molecule has 1 aliphatic rings. The van der Waals surface area contributed by atoms with Crippen LogP contribution in [0.4, 0.5) is 5.69 Å². The third-order valence-electron chi connectivity index (χ3n) is 3.87. The Morgan fingerprint density at radius 2 is 2.00 bits per heavy atom. The first kappa shape index (κ1) is 19.5. The molecule has 1 heterocycles. The van der Waals surface area contributed by atoms with E-state index in [9.17, 15) is 14.7 Å². The number of aliphatic imine (C=N–C) groups is 1. The lowest BCUT2D eigenvalue weighted by Gasteiger charge is -2.10. The van der Waals surface area contributed by atoms with E-state index in [-0.39, 0.29) is 11.7 Å². The number of rotatable bonds is 5. The molecule has 0 aromatic heterocycles. The Labute approximate surface area is 166 Å². The lowest BCUT2D eigenvalue weighted by atomic mass is 10.2. The maximum atomic E-state index is 12.5. The fourth-order valence-electron chi connectivity index (χ4n) is 2.41. The minimum atomic E-state index is -1.06. The highest BCUT2D eigenvalue weighted by Gasteiger charge is 2.30. The number of hydrogen-bond acceptors (Lipinski definition) is 6. The van der Waals surface area contributed by atoms with Crippen LogP contribution in [-0.2, 0) is 9.59 Å². The number of carbonyl (C=O) groups excluding carboxylic acids is 1. The Morgan fingerprint density at radius 1 is 1.25 bits per heavy atom. The Balaban J connectivity index is 1.83. The number of phenolic OH excluding ortho intramolecular Hbond substituents is 1. The highest BCUT2D eigenvalue weighted by Crippen LogP contribution is 2.34. The summed E-state index contributed by atoms with van der Waals surface area (Å²) in [4.78, 5) is 29.8. The Hall–Kier alpha value is -3.26. The van der Waals surface area contributed by atoms with Crippen LogP contribution in [0.5, 0.6) is 11.5 Å². The third kappa shape index (κ3) is 4.52. The van der Waals surface area contributed by atoms with E-state index >= 15 is 0 Å². The van der Waals surface area contributed by atoms with Gasteiger partial charge in [0, 0.05) is 13.1 Å². The van der Waals surface area contributed by atoms with Crippen molar-refractivity contribution in [2.24, 2.45) is 4.99 Å². The fourth-order valence-corrected chi connectivity index (χ4v) is 3.40. The quantitative estimate of drug-likeness (QED) is 0.748. The number of aliphatic carboxylic acids is 1. The van der Waals surface area contributed by atoms with Crippen LogP contribution in [-0.4, -0.2) is 45.3 Å². The minimum Gasteiger partial charge on any atom is -0.508 e. The summed E-state index contributed by atoms with van der Waals surface area (Å²) in [6.07, 6.45) is 0.727. The molecule has 2 aromatic carbocycles. The van der Waals surface area contributed by atoms with Crippen LogP contribution in [0.3, 0.4) is 0 Å². The van der Waals surface area contributed by atoms with Crippen molar-refractivity contribution in [3.63, 3.8) is 0 Å². The van der Waals surface area contributed by atoms with Crippen LogP contribution in [0.15, 0.2) is 58.4 Å². The third-order valence-corrected chi connectivity index (χ3v) is 4.93. The summed E-state index contributed by atoms with van der Waals surface area (Å²) >= 11 is 1.22. The second-order valence-electron chi connectivity index (χ2n) is 6.06. The topological polar surface area (TPSA) is 99.4 Å². The Bertz CT molecular complexity index is 986. The first-order chi connectivity index (χ1) is 13.3. The lowest BCUT2D eigenvalue weighted by molar-refractivity contribution is -0.144. The number of carboxylic acid groups (broad SMARTS) is 1. The molecule has 0 saturated carbocycles. The van der Waals surface area contributed by atoms with Gasteiger partial charge in [-0.05, 0) is 54.6 Å². The number of thioether (sulfide) groups is 1. The first-order valence-electron chi connectivity index (χ1n) is 8.38. The Morgan fingerprint density at radius 3 is 2.71 bits per heavy atom. The zero-order chi connectivity index (χ0) is 20.3. The maximum absolute atomic E-state index is 12.5. The molecule has 1 unspecified atom stereocenters. The van der Waals surface area contributed by atoms with Crippen LogP contribution in [0, 0.1) is 0 Å². The van der Waals surface area contributed by atoms with Crippen LogP contribution in [0.1, 0.15) is 12.5 Å². The van der Waals surface area contributed by atoms with Gasteiger partial charge in [0.1, 0.15) is 11.5 Å². The molecule has 0 bridgehead atoms. The largest absolute Gasteiger partial charge is 0.508 e. The molecule has 3 rings (SSSR count). The number of carboxylic acids is 1. The van der Waals surface area contributed by atoms with Gasteiger partial charge >= 0.3 is 5.97 Å². The van der Waals surface area contributed by atoms with Crippen molar-refractivity contribution in [2.45, 2.75) is 13.0 Å². The second kappa shape index (κ2) is 8.18. The van der Waals surface area contributed by atoms with Crippen LogP contribution < -0.4 is 4.74 Å². The summed E-state index contributed by atoms with van der Waals surface area (Å²) < 4.78 is 5.36. The minimum absolute atomic E-state index is 0.0991. The van der Waals surface area contributed by atoms with Crippen molar-refractivity contribution in [1.29, 1.82) is 0 Å². The zero-order valence-electron chi connectivity index (χ0n) is 15.2. The second-order valence-corrected chi connectivity index (χ2v) is 7.07. The van der Waals surface area contributed by atoms with E-state index < -0.39 is 12.1 Å². The van der Waals surface area contributed by atoms with Gasteiger partial charge in [-0.15, -0.1) is 0 Å². The fraction of sp³-hybridized carbons (Fsp3) is 0.150. The van der Waals surface area contributed by atoms with E-state index in [0.717, 1.165) is 0 Å². The SMILES string of the molecule is CC(Oc1cccc(/C=C2\SC(=Nc3cccc(O)c3)N(C)C2=O)c1)C(=O)O. The van der Waals surface area contributed by atoms with Gasteiger partial charge in [0.05, 0.1) is 10.6 Å². The normalized spacial score (nSPS) is 17.9. The monoisotopic (exact) mass is 398 g/mol. The predicted octanol–water partition coefficient (Wildman–Crippen LogP) is 3.48. The van der Waals surface area contributed by atoms with E-state index in [1.54, 1.807) is 55.6 Å². The van der Waals surface area contributed by atoms with Gasteiger partial charge in [0.15, 0.2) is 11.3 Å². The summed E-state index contributed by atoms with van der Waals surface area (Å²) in [7, 11) is 1.63. The maximum Gasteiger partial charge on any atom is 0.344 e. The average molecular weight is 398 g/mol. The molecule has 2 N–H and O–H groups in total. The molecule has 1 fully saturated rings. The smallest absolute Gasteiger partial charge is 0.344 e. The summed E-state index contributed by atoms with van der Waals surface area (Å²) in [6, 6.07) is 13.3. The van der Waals surface area contributed by atoms with Crippen LogP contribution in [0.2, 0.25) is 0 Å². The number of nitrogens with zero attached hydrogens (tertiary/aromatic N) is 2. The highest BCUT2D eigenvalue weighted by molar-refractivity contribution is 8.18. The molecule has 1 amide bonds. The van der Waals surface area contributed by atoms with Crippen molar-refractivity contribution in [3.8, 4) is 11.5 Å². The highest BCUT2D eigenvalue weighted by atomic mass is 32.2. The molecule has 1 atom stereocenters. The summed E-state index contributed by atoms with van der Waals surface area (Å²) in [5.41, 5.74) is 1.25. The molecule has 7 nitrogen and oxygen atoms in total. The van der Waals surface area contributed by atoms with Crippen molar-refractivity contribution >= 4 is 40.6 Å². The molecule has 144 valence electrons. The molecule has 28 heavy (non-hydrogen) atoms. The van der Waals surface area contributed by atoms with Gasteiger partial charge in [-0.1, -0.05) is 18.2 Å². The van der Waals surface area contributed by atoms with Gasteiger partial charge in [-0.25, -0.2) is 9.79 Å².